The fraction of sp³-hybridized carbons (Fsp3) is 0.500. The topological polar surface area (TPSA) is 38.8 Å². The molecule has 2 aromatic rings. The first-order chi connectivity index (χ1) is 16.7. The van der Waals surface area contributed by atoms with E-state index < -0.39 is 5.60 Å². The number of hydrogen-bond donors (Lipinski definition) is 0. The van der Waals surface area contributed by atoms with Gasteiger partial charge in [-0.3, -0.25) is 4.79 Å². The predicted molar refractivity (Wildman–Crippen MR) is 144 cm³/mol. The molecule has 1 unspecified atom stereocenters. The second kappa shape index (κ2) is 10.7. The molecule has 2 aromatic carbocycles. The third-order valence-corrected chi connectivity index (χ3v) is 7.19. The third kappa shape index (κ3) is 6.22. The Balaban J connectivity index is 1.65. The molecular formula is C30H38ClNO3. The molecule has 1 spiro atoms. The summed E-state index contributed by atoms with van der Waals surface area (Å²) in [5, 5.41) is 0.798. The number of hydrogen-bond acceptors (Lipinski definition) is 4. The molecule has 0 amide bonds. The van der Waals surface area contributed by atoms with Gasteiger partial charge in [-0.2, -0.15) is 0 Å². The fourth-order valence-corrected chi connectivity index (χ4v) is 5.64. The minimum Gasteiger partial charge on any atom is -0.490 e. The normalized spacial score (nSPS) is 19.4. The number of anilines is 1. The monoisotopic (exact) mass is 495 g/mol. The van der Waals surface area contributed by atoms with Crippen molar-refractivity contribution in [2.24, 2.45) is 0 Å². The first-order valence-corrected chi connectivity index (χ1v) is 13.2. The highest BCUT2D eigenvalue weighted by Gasteiger charge is 2.41. The van der Waals surface area contributed by atoms with Gasteiger partial charge >= 0.3 is 5.97 Å². The smallest absolute Gasteiger partial charge is 0.310 e. The summed E-state index contributed by atoms with van der Waals surface area (Å²) in [6.07, 6.45) is 8.71. The lowest BCUT2D eigenvalue weighted by molar-refractivity contribution is -0.153. The molecule has 35 heavy (non-hydrogen) atoms. The van der Waals surface area contributed by atoms with Crippen molar-refractivity contribution in [1.82, 2.24) is 0 Å². The lowest BCUT2D eigenvalue weighted by Crippen LogP contribution is -2.46. The molecule has 0 saturated carbocycles. The van der Waals surface area contributed by atoms with E-state index in [9.17, 15) is 4.79 Å². The lowest BCUT2D eigenvalue weighted by atomic mass is 9.70. The summed E-state index contributed by atoms with van der Waals surface area (Å²) in [6, 6.07) is 12.5. The van der Waals surface area contributed by atoms with Gasteiger partial charge in [0, 0.05) is 23.5 Å². The van der Waals surface area contributed by atoms with Crippen LogP contribution in [0.4, 0.5) is 5.69 Å². The van der Waals surface area contributed by atoms with Crippen molar-refractivity contribution in [3.05, 3.63) is 70.8 Å². The number of ether oxygens (including phenoxy) is 2. The maximum Gasteiger partial charge on any atom is 0.310 e. The second-order valence-corrected chi connectivity index (χ2v) is 11.4. The van der Waals surface area contributed by atoms with Crippen molar-refractivity contribution < 1.29 is 14.3 Å². The molecule has 1 aliphatic carbocycles. The van der Waals surface area contributed by atoms with Crippen LogP contribution in [-0.2, 0) is 27.8 Å². The Hall–Kier alpha value is -2.46. The Morgan fingerprint density at radius 2 is 2.06 bits per heavy atom. The first kappa shape index (κ1) is 25.6. The SMILES string of the molecule is C=CCCCCN1CC2(CCCc3cc(Cl)ccc32)COc2ccc(CC(=O)OC(C)(C)C)cc21. The minimum absolute atomic E-state index is 0.0824. The molecule has 1 heterocycles. The second-order valence-electron chi connectivity index (χ2n) is 11.0. The number of rotatable bonds is 7. The molecule has 0 saturated heterocycles. The molecule has 0 radical (unpaired) electrons. The van der Waals surface area contributed by atoms with Gasteiger partial charge in [0.1, 0.15) is 11.4 Å². The summed E-state index contributed by atoms with van der Waals surface area (Å²) in [5.74, 6) is 0.679. The van der Waals surface area contributed by atoms with Gasteiger partial charge in [0.15, 0.2) is 0 Å². The van der Waals surface area contributed by atoms with Gasteiger partial charge < -0.3 is 14.4 Å². The van der Waals surface area contributed by atoms with Crippen LogP contribution in [0.25, 0.3) is 0 Å². The van der Waals surface area contributed by atoms with Crippen molar-refractivity contribution in [1.29, 1.82) is 0 Å². The number of aryl methyl sites for hydroxylation is 1. The zero-order valence-electron chi connectivity index (χ0n) is 21.4. The van der Waals surface area contributed by atoms with Gasteiger partial charge in [0.2, 0.25) is 0 Å². The molecule has 0 N–H and O–H groups in total. The number of carbonyl (C=O) groups excluding carboxylic acids is 1. The van der Waals surface area contributed by atoms with Crippen molar-refractivity contribution in [3.8, 4) is 5.75 Å². The Bertz CT molecular complexity index is 1070. The molecule has 2 aliphatic rings. The third-order valence-electron chi connectivity index (χ3n) is 6.96. The summed E-state index contributed by atoms with van der Waals surface area (Å²) in [7, 11) is 0. The maximum atomic E-state index is 12.5. The van der Waals surface area contributed by atoms with Crippen LogP contribution < -0.4 is 9.64 Å². The van der Waals surface area contributed by atoms with E-state index in [1.807, 2.05) is 45.0 Å². The Morgan fingerprint density at radius 3 is 2.83 bits per heavy atom. The molecule has 188 valence electrons. The molecule has 4 nitrogen and oxygen atoms in total. The van der Waals surface area contributed by atoms with Crippen LogP contribution in [0.5, 0.6) is 5.75 Å². The minimum atomic E-state index is -0.493. The van der Waals surface area contributed by atoms with Crippen LogP contribution in [0.3, 0.4) is 0 Å². The molecule has 0 fully saturated rings. The van der Waals surface area contributed by atoms with E-state index in [2.05, 4.69) is 29.7 Å². The number of halogens is 1. The van der Waals surface area contributed by atoms with Gasteiger partial charge in [-0.25, -0.2) is 0 Å². The van der Waals surface area contributed by atoms with Crippen LogP contribution in [0.2, 0.25) is 5.02 Å². The van der Waals surface area contributed by atoms with Gasteiger partial charge in [0.05, 0.1) is 18.7 Å². The van der Waals surface area contributed by atoms with E-state index >= 15 is 0 Å². The van der Waals surface area contributed by atoms with Crippen molar-refractivity contribution in [3.63, 3.8) is 0 Å². The zero-order valence-corrected chi connectivity index (χ0v) is 22.1. The molecule has 0 bridgehead atoms. The summed E-state index contributed by atoms with van der Waals surface area (Å²) >= 11 is 6.35. The van der Waals surface area contributed by atoms with Gasteiger partial charge in [0.25, 0.3) is 0 Å². The number of fused-ring (bicyclic) bond motifs is 3. The van der Waals surface area contributed by atoms with E-state index in [1.54, 1.807) is 0 Å². The van der Waals surface area contributed by atoms with Crippen LogP contribution >= 0.6 is 11.6 Å². The van der Waals surface area contributed by atoms with E-state index in [0.717, 1.165) is 73.6 Å². The Morgan fingerprint density at radius 1 is 1.23 bits per heavy atom. The Labute approximate surface area is 215 Å². The van der Waals surface area contributed by atoms with Gasteiger partial charge in [-0.15, -0.1) is 6.58 Å². The molecular weight excluding hydrogens is 458 g/mol. The average molecular weight is 496 g/mol. The number of carbonyl (C=O) groups is 1. The van der Waals surface area contributed by atoms with Crippen molar-refractivity contribution in [2.75, 3.05) is 24.6 Å². The standard InChI is InChI=1S/C30H38ClNO3/c1-5-6-7-8-16-32-20-30(15-9-10-23-19-24(31)12-13-25(23)30)21-34-27-14-11-22(17-26(27)32)18-28(33)35-29(2,3)4/h5,11-14,17,19H,1,6-10,15-16,18,20-21H2,2-4H3. The largest absolute Gasteiger partial charge is 0.490 e. The summed E-state index contributed by atoms with van der Waals surface area (Å²) in [4.78, 5) is 15.0. The fourth-order valence-electron chi connectivity index (χ4n) is 5.44. The van der Waals surface area contributed by atoms with Crippen LogP contribution in [0.1, 0.15) is 69.6 Å². The van der Waals surface area contributed by atoms with Gasteiger partial charge in [-0.05, 0) is 100 Å². The van der Waals surface area contributed by atoms with E-state index in [0.29, 0.717) is 6.61 Å². The maximum absolute atomic E-state index is 12.5. The van der Waals surface area contributed by atoms with Crippen LogP contribution in [-0.4, -0.2) is 31.3 Å². The van der Waals surface area contributed by atoms with E-state index in [4.69, 9.17) is 21.1 Å². The summed E-state index contributed by atoms with van der Waals surface area (Å²) in [5.41, 5.74) is 4.15. The van der Waals surface area contributed by atoms with Crippen LogP contribution in [0.15, 0.2) is 49.1 Å². The summed E-state index contributed by atoms with van der Waals surface area (Å²) in [6.45, 7) is 12.0. The highest BCUT2D eigenvalue weighted by atomic mass is 35.5. The van der Waals surface area contributed by atoms with Gasteiger partial charge in [-0.1, -0.05) is 29.8 Å². The van der Waals surface area contributed by atoms with Crippen molar-refractivity contribution in [2.45, 2.75) is 76.7 Å². The van der Waals surface area contributed by atoms with Crippen LogP contribution in [0, 0.1) is 0 Å². The number of esters is 1. The highest BCUT2D eigenvalue weighted by molar-refractivity contribution is 6.30. The van der Waals surface area contributed by atoms with E-state index in [1.165, 1.54) is 11.1 Å². The van der Waals surface area contributed by atoms with E-state index in [-0.39, 0.29) is 17.8 Å². The summed E-state index contributed by atoms with van der Waals surface area (Å²) < 4.78 is 12.1. The average Bonchev–Trinajstić information content (AvgIpc) is 2.93. The predicted octanol–water partition coefficient (Wildman–Crippen LogP) is 7.05. The number of benzene rings is 2. The number of nitrogens with zero attached hydrogens (tertiary/aromatic N) is 1. The first-order valence-electron chi connectivity index (χ1n) is 12.8. The molecule has 0 aromatic heterocycles. The molecule has 1 aliphatic heterocycles. The molecule has 5 heteroatoms. The number of unbranched alkanes of at least 4 members (excludes halogenated alkanes) is 2. The zero-order chi connectivity index (χ0) is 25.1. The molecule has 1 atom stereocenters. The number of allylic oxidation sites excluding steroid dienone is 1. The molecule has 4 rings (SSSR count). The Kier molecular flexibility index (Phi) is 7.80. The quantitative estimate of drug-likeness (QED) is 0.234. The highest BCUT2D eigenvalue weighted by Crippen LogP contribution is 2.44. The lowest BCUT2D eigenvalue weighted by Gasteiger charge is -2.41. The van der Waals surface area contributed by atoms with Crippen molar-refractivity contribution >= 4 is 23.3 Å².